The van der Waals surface area contributed by atoms with E-state index in [-0.39, 0.29) is 5.91 Å². The summed E-state index contributed by atoms with van der Waals surface area (Å²) in [5, 5.41) is 17.9. The maximum absolute atomic E-state index is 12.4. The van der Waals surface area contributed by atoms with Crippen LogP contribution in [-0.4, -0.2) is 28.9 Å². The van der Waals surface area contributed by atoms with Gasteiger partial charge in [0, 0.05) is 13.6 Å². The van der Waals surface area contributed by atoms with Gasteiger partial charge in [0.1, 0.15) is 0 Å². The van der Waals surface area contributed by atoms with Crippen LogP contribution in [0.2, 0.25) is 0 Å². The molecule has 1 amide bonds. The molecule has 1 N–H and O–H groups in total. The molecule has 1 saturated carbocycles. The van der Waals surface area contributed by atoms with E-state index in [9.17, 15) is 9.59 Å². The number of carbonyl (C=O) groups is 2. The number of benzene rings is 1. The number of carboxylic acid groups (broad SMARTS) is 1. The van der Waals surface area contributed by atoms with Crippen LogP contribution < -0.4 is 0 Å². The van der Waals surface area contributed by atoms with Gasteiger partial charge in [-0.05, 0) is 23.1 Å². The Kier molecular flexibility index (Phi) is 3.73. The van der Waals surface area contributed by atoms with Gasteiger partial charge < -0.3 is 10.0 Å². The van der Waals surface area contributed by atoms with E-state index in [4.69, 9.17) is 10.4 Å². The standard InChI is InChI=1S/C16H18N2O3/c1-16(2)12(13(16)15(20)21)14(19)18(3)9-11-6-4-10(8-17)5-7-11/h4-7,12-13H,9H2,1-3H3,(H,20,21)/t12-,13+/m1/s1. The number of nitriles is 1. The van der Waals surface area contributed by atoms with Crippen LogP contribution in [0.5, 0.6) is 0 Å². The third-order valence-corrected chi connectivity index (χ3v) is 4.24. The molecular weight excluding hydrogens is 268 g/mol. The number of carboxylic acids is 1. The fourth-order valence-electron chi connectivity index (χ4n) is 2.83. The average Bonchev–Trinajstić information content (AvgIpc) is 3.01. The highest BCUT2D eigenvalue weighted by Crippen LogP contribution is 2.58. The van der Waals surface area contributed by atoms with Crippen molar-refractivity contribution in [3.63, 3.8) is 0 Å². The molecule has 21 heavy (non-hydrogen) atoms. The SMILES string of the molecule is CN(Cc1ccc(C#N)cc1)C(=O)[C@H]1[C@@H](C(=O)O)C1(C)C. The predicted octanol–water partition coefficient (Wildman–Crippen LogP) is 1.87. The summed E-state index contributed by atoms with van der Waals surface area (Å²) in [6.45, 7) is 4.03. The molecule has 5 heteroatoms. The third kappa shape index (κ3) is 2.75. The topological polar surface area (TPSA) is 81.4 Å². The normalized spacial score (nSPS) is 22.2. The fraction of sp³-hybridized carbons (Fsp3) is 0.438. The van der Waals surface area contributed by atoms with Gasteiger partial charge >= 0.3 is 5.97 Å². The zero-order chi connectivity index (χ0) is 15.8. The van der Waals surface area contributed by atoms with Gasteiger partial charge in [0.05, 0.1) is 23.5 Å². The van der Waals surface area contributed by atoms with Crippen LogP contribution in [-0.2, 0) is 16.1 Å². The Morgan fingerprint density at radius 1 is 1.29 bits per heavy atom. The molecule has 5 nitrogen and oxygen atoms in total. The minimum absolute atomic E-state index is 0.142. The predicted molar refractivity (Wildman–Crippen MR) is 76.0 cm³/mol. The molecular formula is C16H18N2O3. The smallest absolute Gasteiger partial charge is 0.307 e. The van der Waals surface area contributed by atoms with Crippen molar-refractivity contribution in [3.05, 3.63) is 35.4 Å². The maximum Gasteiger partial charge on any atom is 0.307 e. The lowest BCUT2D eigenvalue weighted by Crippen LogP contribution is -2.29. The Balaban J connectivity index is 2.04. The summed E-state index contributed by atoms with van der Waals surface area (Å²) in [4.78, 5) is 25.1. The van der Waals surface area contributed by atoms with Gasteiger partial charge in [-0.15, -0.1) is 0 Å². The number of amides is 1. The first-order valence-electron chi connectivity index (χ1n) is 6.76. The van der Waals surface area contributed by atoms with Crippen molar-refractivity contribution in [2.24, 2.45) is 17.3 Å². The monoisotopic (exact) mass is 286 g/mol. The quantitative estimate of drug-likeness (QED) is 0.916. The Bertz CT molecular complexity index is 613. The van der Waals surface area contributed by atoms with Crippen molar-refractivity contribution in [2.45, 2.75) is 20.4 Å². The van der Waals surface area contributed by atoms with Crippen LogP contribution in [0.4, 0.5) is 0 Å². The van der Waals surface area contributed by atoms with E-state index in [1.54, 1.807) is 36.2 Å². The second kappa shape index (κ2) is 5.21. The largest absolute Gasteiger partial charge is 0.481 e. The second-order valence-electron chi connectivity index (χ2n) is 6.12. The minimum Gasteiger partial charge on any atom is -0.481 e. The summed E-state index contributed by atoms with van der Waals surface area (Å²) in [6.07, 6.45) is 0. The highest BCUT2D eigenvalue weighted by atomic mass is 16.4. The van der Waals surface area contributed by atoms with E-state index >= 15 is 0 Å². The van der Waals surface area contributed by atoms with E-state index < -0.39 is 23.2 Å². The number of carbonyl (C=O) groups excluding carboxylic acids is 1. The van der Waals surface area contributed by atoms with Crippen LogP contribution in [0, 0.1) is 28.6 Å². The molecule has 2 rings (SSSR count). The Labute approximate surface area is 123 Å². The van der Waals surface area contributed by atoms with Gasteiger partial charge in [0.25, 0.3) is 0 Å². The molecule has 1 aromatic rings. The summed E-state index contributed by atoms with van der Waals surface area (Å²) in [5.74, 6) is -2.12. The Morgan fingerprint density at radius 2 is 1.86 bits per heavy atom. The highest BCUT2D eigenvalue weighted by Gasteiger charge is 2.66. The van der Waals surface area contributed by atoms with E-state index in [1.165, 1.54) is 0 Å². The van der Waals surface area contributed by atoms with Crippen LogP contribution >= 0.6 is 0 Å². The molecule has 110 valence electrons. The zero-order valence-corrected chi connectivity index (χ0v) is 12.3. The Morgan fingerprint density at radius 3 is 2.29 bits per heavy atom. The van der Waals surface area contributed by atoms with Crippen LogP contribution in [0.25, 0.3) is 0 Å². The van der Waals surface area contributed by atoms with Crippen LogP contribution in [0.1, 0.15) is 25.0 Å². The van der Waals surface area contributed by atoms with Gasteiger partial charge in [-0.1, -0.05) is 26.0 Å². The molecule has 0 heterocycles. The number of hydrogen-bond donors (Lipinski definition) is 1. The molecule has 0 spiro atoms. The number of rotatable bonds is 4. The van der Waals surface area contributed by atoms with E-state index in [1.807, 2.05) is 19.9 Å². The molecule has 1 aliphatic rings. The second-order valence-corrected chi connectivity index (χ2v) is 6.12. The lowest BCUT2D eigenvalue weighted by molar-refractivity contribution is -0.141. The first-order valence-corrected chi connectivity index (χ1v) is 6.76. The lowest BCUT2D eigenvalue weighted by atomic mass is 10.1. The van der Waals surface area contributed by atoms with Crippen molar-refractivity contribution in [1.29, 1.82) is 5.26 Å². The first kappa shape index (κ1) is 15.0. The van der Waals surface area contributed by atoms with Gasteiger partial charge in [-0.2, -0.15) is 5.26 Å². The summed E-state index contributed by atoms with van der Waals surface area (Å²) in [5.41, 5.74) is 0.999. The van der Waals surface area contributed by atoms with E-state index in [2.05, 4.69) is 0 Å². The molecule has 1 aliphatic carbocycles. The number of hydrogen-bond acceptors (Lipinski definition) is 3. The van der Waals surface area contributed by atoms with Crippen molar-refractivity contribution < 1.29 is 14.7 Å². The summed E-state index contributed by atoms with van der Waals surface area (Å²) in [7, 11) is 1.67. The van der Waals surface area contributed by atoms with Crippen LogP contribution in [0.15, 0.2) is 24.3 Å². The van der Waals surface area contributed by atoms with Crippen molar-refractivity contribution in [3.8, 4) is 6.07 Å². The average molecular weight is 286 g/mol. The van der Waals surface area contributed by atoms with Gasteiger partial charge in [0.2, 0.25) is 5.91 Å². The number of nitrogens with zero attached hydrogens (tertiary/aromatic N) is 2. The van der Waals surface area contributed by atoms with Gasteiger partial charge in [0.15, 0.2) is 0 Å². The summed E-state index contributed by atoms with van der Waals surface area (Å²) < 4.78 is 0. The minimum atomic E-state index is -0.912. The fourth-order valence-corrected chi connectivity index (χ4v) is 2.83. The highest BCUT2D eigenvalue weighted by molar-refractivity contribution is 5.91. The maximum atomic E-state index is 12.4. The van der Waals surface area contributed by atoms with Crippen molar-refractivity contribution in [2.75, 3.05) is 7.05 Å². The first-order chi connectivity index (χ1) is 9.78. The molecule has 0 bridgehead atoms. The van der Waals surface area contributed by atoms with E-state index in [0.717, 1.165) is 5.56 Å². The van der Waals surface area contributed by atoms with Gasteiger partial charge in [-0.25, -0.2) is 0 Å². The van der Waals surface area contributed by atoms with Gasteiger partial charge in [-0.3, -0.25) is 9.59 Å². The molecule has 0 radical (unpaired) electrons. The third-order valence-electron chi connectivity index (χ3n) is 4.24. The molecule has 2 atom stereocenters. The number of aliphatic carboxylic acids is 1. The van der Waals surface area contributed by atoms with Crippen LogP contribution in [0.3, 0.4) is 0 Å². The van der Waals surface area contributed by atoms with Crippen molar-refractivity contribution in [1.82, 2.24) is 4.90 Å². The molecule has 0 unspecified atom stereocenters. The molecule has 1 aromatic carbocycles. The molecule has 1 fully saturated rings. The Hall–Kier alpha value is -2.35. The summed E-state index contributed by atoms with van der Waals surface area (Å²) >= 11 is 0. The zero-order valence-electron chi connectivity index (χ0n) is 12.3. The van der Waals surface area contributed by atoms with Crippen molar-refractivity contribution >= 4 is 11.9 Å². The molecule has 0 aliphatic heterocycles. The molecule has 0 aromatic heterocycles. The van der Waals surface area contributed by atoms with E-state index in [0.29, 0.717) is 12.1 Å². The summed E-state index contributed by atoms with van der Waals surface area (Å²) in [6, 6.07) is 9.05. The molecule has 0 saturated heterocycles. The lowest BCUT2D eigenvalue weighted by Gasteiger charge is -2.18.